The molecule has 2 aromatic carbocycles. The number of benzene rings is 2. The number of hydrogen-bond donors (Lipinski definition) is 1. The summed E-state index contributed by atoms with van der Waals surface area (Å²) in [5.41, 5.74) is 0.991. The number of hydrogen-bond acceptors (Lipinski definition) is 6. The molecular formula is C22H18F4N6O2. The average Bonchev–Trinajstić information content (AvgIpc) is 3.20. The SMILES string of the molecule is C[C@H](NC(=O)C(C)(F)F)[C@H](Oc1ccc2c(c1)nnn2-c1cccnn1)c1cc(F)cc(F)c1. The second-order valence-electron chi connectivity index (χ2n) is 7.63. The summed E-state index contributed by atoms with van der Waals surface area (Å²) >= 11 is 0. The van der Waals surface area contributed by atoms with Gasteiger partial charge in [0.25, 0.3) is 5.91 Å². The topological polar surface area (TPSA) is 94.8 Å². The Hall–Kier alpha value is -4.09. The molecule has 4 rings (SSSR count). The summed E-state index contributed by atoms with van der Waals surface area (Å²) in [5.74, 6) is -6.33. The van der Waals surface area contributed by atoms with Crippen molar-refractivity contribution in [1.29, 1.82) is 0 Å². The molecule has 0 radical (unpaired) electrons. The molecule has 0 fully saturated rings. The van der Waals surface area contributed by atoms with Crippen LogP contribution in [0.5, 0.6) is 5.75 Å². The summed E-state index contributed by atoms with van der Waals surface area (Å²) < 4.78 is 62.0. The van der Waals surface area contributed by atoms with E-state index in [1.54, 1.807) is 24.3 Å². The Bertz CT molecular complexity index is 1310. The van der Waals surface area contributed by atoms with Crippen LogP contribution in [0.2, 0.25) is 0 Å². The standard InChI is InChI=1S/C22H18F4N6O2/c1-12(28-21(33)22(2,25)26)20(13-8-14(23)10-15(24)9-13)34-16-5-6-18-17(11-16)29-31-32(18)19-4-3-7-27-30-19/h3-12,20H,1-2H3,(H,28,33)/t12-,20-/m0/s1. The maximum absolute atomic E-state index is 13.9. The van der Waals surface area contributed by atoms with Crippen molar-refractivity contribution in [1.82, 2.24) is 30.5 Å². The van der Waals surface area contributed by atoms with Crippen molar-refractivity contribution in [2.24, 2.45) is 0 Å². The zero-order valence-electron chi connectivity index (χ0n) is 17.9. The van der Waals surface area contributed by atoms with Gasteiger partial charge in [-0.05, 0) is 43.3 Å². The molecule has 0 saturated heterocycles. The molecule has 0 aliphatic rings. The number of rotatable bonds is 7. The van der Waals surface area contributed by atoms with Crippen LogP contribution in [-0.2, 0) is 4.79 Å². The summed E-state index contributed by atoms with van der Waals surface area (Å²) in [6.45, 7) is 1.83. The van der Waals surface area contributed by atoms with Crippen LogP contribution in [0.25, 0.3) is 16.9 Å². The highest BCUT2D eigenvalue weighted by Crippen LogP contribution is 2.29. The lowest BCUT2D eigenvalue weighted by Gasteiger charge is -2.27. The summed E-state index contributed by atoms with van der Waals surface area (Å²) in [4.78, 5) is 11.8. The van der Waals surface area contributed by atoms with Gasteiger partial charge in [0, 0.05) is 30.8 Å². The zero-order valence-corrected chi connectivity index (χ0v) is 17.9. The molecule has 8 nitrogen and oxygen atoms in total. The Kier molecular flexibility index (Phi) is 6.14. The predicted molar refractivity (Wildman–Crippen MR) is 112 cm³/mol. The Morgan fingerprint density at radius 1 is 1.09 bits per heavy atom. The molecule has 34 heavy (non-hydrogen) atoms. The summed E-state index contributed by atoms with van der Waals surface area (Å²) in [5, 5.41) is 18.0. The third-order valence-electron chi connectivity index (χ3n) is 4.88. The maximum Gasteiger partial charge on any atom is 0.321 e. The average molecular weight is 474 g/mol. The van der Waals surface area contributed by atoms with E-state index in [1.807, 2.05) is 0 Å². The number of fused-ring (bicyclic) bond motifs is 1. The normalized spacial score (nSPS) is 13.5. The first-order chi connectivity index (χ1) is 16.1. The number of nitrogens with zero attached hydrogens (tertiary/aromatic N) is 5. The molecule has 0 aliphatic carbocycles. The van der Waals surface area contributed by atoms with Crippen molar-refractivity contribution < 1.29 is 27.1 Å². The minimum atomic E-state index is -3.65. The van der Waals surface area contributed by atoms with Crippen molar-refractivity contribution in [3.63, 3.8) is 0 Å². The van der Waals surface area contributed by atoms with Gasteiger partial charge in [-0.2, -0.15) is 18.6 Å². The number of ether oxygens (including phenoxy) is 1. The zero-order chi connectivity index (χ0) is 24.5. The number of aromatic nitrogens is 5. The van der Waals surface area contributed by atoms with Crippen LogP contribution in [0.4, 0.5) is 17.6 Å². The number of nitrogens with one attached hydrogen (secondary N) is 1. The van der Waals surface area contributed by atoms with Crippen molar-refractivity contribution >= 4 is 16.9 Å². The van der Waals surface area contributed by atoms with E-state index in [-0.39, 0.29) is 11.3 Å². The van der Waals surface area contributed by atoms with Gasteiger partial charge in [-0.1, -0.05) is 5.21 Å². The smallest absolute Gasteiger partial charge is 0.321 e. The van der Waals surface area contributed by atoms with Gasteiger partial charge in [0.2, 0.25) is 0 Å². The Balaban J connectivity index is 1.67. The van der Waals surface area contributed by atoms with E-state index < -0.39 is 35.6 Å². The molecule has 1 N–H and O–H groups in total. The van der Waals surface area contributed by atoms with Gasteiger partial charge >= 0.3 is 5.92 Å². The van der Waals surface area contributed by atoms with Gasteiger partial charge in [-0.15, -0.1) is 10.2 Å². The largest absolute Gasteiger partial charge is 0.484 e. The van der Waals surface area contributed by atoms with Crippen LogP contribution >= 0.6 is 0 Å². The molecule has 2 aromatic heterocycles. The van der Waals surface area contributed by atoms with Crippen LogP contribution in [0.1, 0.15) is 25.5 Å². The van der Waals surface area contributed by atoms with Crippen LogP contribution in [0, 0.1) is 11.6 Å². The van der Waals surface area contributed by atoms with E-state index in [4.69, 9.17) is 4.74 Å². The van der Waals surface area contributed by atoms with Crippen molar-refractivity contribution in [3.05, 3.63) is 71.9 Å². The highest BCUT2D eigenvalue weighted by molar-refractivity contribution is 5.83. The molecular weight excluding hydrogens is 456 g/mol. The third kappa shape index (κ3) is 4.95. The molecule has 0 aliphatic heterocycles. The van der Waals surface area contributed by atoms with Crippen molar-refractivity contribution in [3.8, 4) is 11.6 Å². The first-order valence-electron chi connectivity index (χ1n) is 10.1. The predicted octanol–water partition coefficient (Wildman–Crippen LogP) is 3.77. The second-order valence-corrected chi connectivity index (χ2v) is 7.63. The molecule has 0 bridgehead atoms. The number of amides is 1. The number of halogens is 4. The second kappa shape index (κ2) is 9.04. The maximum atomic E-state index is 13.9. The lowest BCUT2D eigenvalue weighted by atomic mass is 10.0. The van der Waals surface area contributed by atoms with E-state index >= 15 is 0 Å². The molecule has 0 spiro atoms. The molecule has 1 amide bonds. The van der Waals surface area contributed by atoms with Gasteiger partial charge in [0.1, 0.15) is 29.0 Å². The Morgan fingerprint density at radius 3 is 2.47 bits per heavy atom. The van der Waals surface area contributed by atoms with Crippen LogP contribution in [0.3, 0.4) is 0 Å². The fraction of sp³-hybridized carbons (Fsp3) is 0.227. The highest BCUT2D eigenvalue weighted by Gasteiger charge is 2.35. The van der Waals surface area contributed by atoms with Crippen LogP contribution < -0.4 is 10.1 Å². The van der Waals surface area contributed by atoms with Gasteiger partial charge in [-0.25, -0.2) is 8.78 Å². The Labute approximate surface area is 190 Å². The number of carbonyl (C=O) groups excluding carboxylic acids is 1. The highest BCUT2D eigenvalue weighted by atomic mass is 19.3. The monoisotopic (exact) mass is 474 g/mol. The van der Waals surface area contributed by atoms with E-state index in [1.165, 1.54) is 23.9 Å². The van der Waals surface area contributed by atoms with E-state index in [9.17, 15) is 22.4 Å². The van der Waals surface area contributed by atoms with E-state index in [0.717, 1.165) is 12.1 Å². The summed E-state index contributed by atoms with van der Waals surface area (Å²) in [6, 6.07) is 9.66. The fourth-order valence-electron chi connectivity index (χ4n) is 3.31. The molecule has 176 valence electrons. The Morgan fingerprint density at radius 2 is 1.82 bits per heavy atom. The first kappa shape index (κ1) is 23.1. The molecule has 0 saturated carbocycles. The summed E-state index contributed by atoms with van der Waals surface area (Å²) in [6.07, 6.45) is 0.308. The molecule has 12 heteroatoms. The van der Waals surface area contributed by atoms with Crippen LogP contribution in [0.15, 0.2) is 54.7 Å². The van der Waals surface area contributed by atoms with E-state index in [2.05, 4.69) is 25.8 Å². The number of carbonyl (C=O) groups is 1. The van der Waals surface area contributed by atoms with Gasteiger partial charge in [0.05, 0.1) is 11.6 Å². The molecule has 4 aromatic rings. The van der Waals surface area contributed by atoms with E-state index in [0.29, 0.717) is 29.8 Å². The van der Waals surface area contributed by atoms with Gasteiger partial charge < -0.3 is 10.1 Å². The van der Waals surface area contributed by atoms with Gasteiger partial charge in [-0.3, -0.25) is 4.79 Å². The van der Waals surface area contributed by atoms with Crippen molar-refractivity contribution in [2.75, 3.05) is 0 Å². The quantitative estimate of drug-likeness (QED) is 0.410. The minimum Gasteiger partial charge on any atom is -0.484 e. The lowest BCUT2D eigenvalue weighted by molar-refractivity contribution is -0.144. The number of alkyl halides is 2. The summed E-state index contributed by atoms with van der Waals surface area (Å²) in [7, 11) is 0. The lowest BCUT2D eigenvalue weighted by Crippen LogP contribution is -2.46. The molecule has 2 heterocycles. The van der Waals surface area contributed by atoms with Gasteiger partial charge in [0.15, 0.2) is 5.82 Å². The minimum absolute atomic E-state index is 0.00744. The van der Waals surface area contributed by atoms with Crippen LogP contribution in [-0.4, -0.2) is 43.1 Å². The molecule has 2 atom stereocenters. The third-order valence-corrected chi connectivity index (χ3v) is 4.88. The first-order valence-corrected chi connectivity index (χ1v) is 10.1. The van der Waals surface area contributed by atoms with Crippen molar-refractivity contribution in [2.45, 2.75) is 31.9 Å². The molecule has 0 unspecified atom stereocenters. The fourth-order valence-corrected chi connectivity index (χ4v) is 3.31.